The van der Waals surface area contributed by atoms with E-state index in [0.29, 0.717) is 29.9 Å². The molecule has 0 heterocycles. The standard InChI is InChI=1S/C20H26N2O3S2/c1-6-22(7-2)27(24,25)19-12-16(10-8-15(19)4)21-20(23)18-13-17(26-5)11-9-14(18)3/h8-13H,6-7H2,1-5H3,(H,21,23). The Morgan fingerprint density at radius 1 is 1.04 bits per heavy atom. The monoisotopic (exact) mass is 406 g/mol. The first-order valence-corrected chi connectivity index (χ1v) is 11.5. The third-order valence-electron chi connectivity index (χ3n) is 4.46. The molecular weight excluding hydrogens is 380 g/mol. The minimum atomic E-state index is -3.59. The summed E-state index contributed by atoms with van der Waals surface area (Å²) < 4.78 is 27.2. The van der Waals surface area contributed by atoms with Gasteiger partial charge in [0.15, 0.2) is 0 Å². The molecule has 2 rings (SSSR count). The lowest BCUT2D eigenvalue weighted by Gasteiger charge is -2.20. The number of carbonyl (C=O) groups is 1. The first-order valence-electron chi connectivity index (χ1n) is 8.81. The average Bonchev–Trinajstić information content (AvgIpc) is 2.64. The molecule has 5 nitrogen and oxygen atoms in total. The number of sulfonamides is 1. The summed E-state index contributed by atoms with van der Waals surface area (Å²) in [6.45, 7) is 8.05. The third kappa shape index (κ3) is 4.72. The van der Waals surface area contributed by atoms with E-state index in [0.717, 1.165) is 10.5 Å². The van der Waals surface area contributed by atoms with Crippen LogP contribution in [0.1, 0.15) is 35.3 Å². The molecule has 7 heteroatoms. The summed E-state index contributed by atoms with van der Waals surface area (Å²) in [5.41, 5.74) is 2.56. The van der Waals surface area contributed by atoms with Gasteiger partial charge in [0.1, 0.15) is 0 Å². The maximum Gasteiger partial charge on any atom is 0.255 e. The lowest BCUT2D eigenvalue weighted by Crippen LogP contribution is -2.31. The molecule has 0 fully saturated rings. The van der Waals surface area contributed by atoms with Crippen LogP contribution in [-0.2, 0) is 10.0 Å². The summed E-state index contributed by atoms with van der Waals surface area (Å²) in [7, 11) is -3.59. The van der Waals surface area contributed by atoms with E-state index >= 15 is 0 Å². The molecule has 0 atom stereocenters. The fourth-order valence-electron chi connectivity index (χ4n) is 2.83. The van der Waals surface area contributed by atoms with E-state index in [9.17, 15) is 13.2 Å². The molecule has 0 aromatic heterocycles. The molecular formula is C20H26N2O3S2. The summed E-state index contributed by atoms with van der Waals surface area (Å²) in [5.74, 6) is -0.251. The van der Waals surface area contributed by atoms with Gasteiger partial charge in [-0.3, -0.25) is 4.79 Å². The molecule has 2 aromatic carbocycles. The molecule has 0 saturated heterocycles. The van der Waals surface area contributed by atoms with Crippen molar-refractivity contribution in [3.05, 3.63) is 53.1 Å². The van der Waals surface area contributed by atoms with Crippen molar-refractivity contribution in [2.45, 2.75) is 37.5 Å². The Morgan fingerprint density at radius 3 is 2.26 bits per heavy atom. The Labute approximate surface area is 166 Å². The van der Waals surface area contributed by atoms with Crippen LogP contribution < -0.4 is 5.32 Å². The number of benzene rings is 2. The van der Waals surface area contributed by atoms with Gasteiger partial charge in [0.25, 0.3) is 5.91 Å². The van der Waals surface area contributed by atoms with E-state index in [1.54, 1.807) is 30.8 Å². The van der Waals surface area contributed by atoms with E-state index in [-0.39, 0.29) is 10.8 Å². The van der Waals surface area contributed by atoms with Gasteiger partial charge in [-0.15, -0.1) is 11.8 Å². The van der Waals surface area contributed by atoms with Crippen LogP contribution in [0.4, 0.5) is 5.69 Å². The predicted octanol–water partition coefficient (Wildman–Crippen LogP) is 4.31. The maximum atomic E-state index is 12.9. The van der Waals surface area contributed by atoms with Crippen LogP contribution >= 0.6 is 11.8 Å². The van der Waals surface area contributed by atoms with E-state index < -0.39 is 10.0 Å². The Kier molecular flexibility index (Phi) is 7.08. The van der Waals surface area contributed by atoms with Gasteiger partial charge in [-0.05, 0) is 55.5 Å². The lowest BCUT2D eigenvalue weighted by molar-refractivity contribution is 0.102. The number of anilines is 1. The molecule has 0 aliphatic carbocycles. The molecule has 1 N–H and O–H groups in total. The van der Waals surface area contributed by atoms with Crippen molar-refractivity contribution in [1.29, 1.82) is 0 Å². The van der Waals surface area contributed by atoms with Crippen molar-refractivity contribution in [2.24, 2.45) is 0 Å². The van der Waals surface area contributed by atoms with Crippen LogP contribution in [0, 0.1) is 13.8 Å². The Balaban J connectivity index is 2.38. The Hall–Kier alpha value is -1.83. The maximum absolute atomic E-state index is 12.9. The molecule has 0 aliphatic heterocycles. The summed E-state index contributed by atoms with van der Waals surface area (Å²) in [5, 5.41) is 2.83. The summed E-state index contributed by atoms with van der Waals surface area (Å²) in [6, 6.07) is 10.7. The highest BCUT2D eigenvalue weighted by molar-refractivity contribution is 7.98. The minimum absolute atomic E-state index is 0.221. The van der Waals surface area contributed by atoms with Crippen molar-refractivity contribution >= 4 is 33.4 Å². The Morgan fingerprint density at radius 2 is 1.67 bits per heavy atom. The van der Waals surface area contributed by atoms with Gasteiger partial charge in [0, 0.05) is 29.2 Å². The van der Waals surface area contributed by atoms with Gasteiger partial charge in [-0.1, -0.05) is 26.0 Å². The van der Waals surface area contributed by atoms with E-state index in [1.165, 1.54) is 10.4 Å². The van der Waals surface area contributed by atoms with Gasteiger partial charge in [0.05, 0.1) is 4.90 Å². The minimum Gasteiger partial charge on any atom is -0.322 e. The highest BCUT2D eigenvalue weighted by atomic mass is 32.2. The predicted molar refractivity (Wildman–Crippen MR) is 112 cm³/mol. The second-order valence-electron chi connectivity index (χ2n) is 6.20. The first-order chi connectivity index (χ1) is 12.7. The molecule has 0 unspecified atom stereocenters. The molecule has 0 radical (unpaired) electrons. The Bertz CT molecular complexity index is 936. The van der Waals surface area contributed by atoms with Crippen molar-refractivity contribution < 1.29 is 13.2 Å². The highest BCUT2D eigenvalue weighted by Crippen LogP contribution is 2.25. The van der Waals surface area contributed by atoms with Crippen LogP contribution in [0.2, 0.25) is 0 Å². The second kappa shape index (κ2) is 8.91. The van der Waals surface area contributed by atoms with Gasteiger partial charge >= 0.3 is 0 Å². The zero-order valence-electron chi connectivity index (χ0n) is 16.4. The summed E-state index contributed by atoms with van der Waals surface area (Å²) in [4.78, 5) is 13.9. The van der Waals surface area contributed by atoms with Crippen LogP contribution in [0.25, 0.3) is 0 Å². The van der Waals surface area contributed by atoms with Crippen LogP contribution in [0.15, 0.2) is 46.2 Å². The number of thioether (sulfide) groups is 1. The molecule has 146 valence electrons. The molecule has 0 spiro atoms. The van der Waals surface area contributed by atoms with Gasteiger partial charge in [-0.2, -0.15) is 4.31 Å². The number of rotatable bonds is 7. The number of nitrogens with zero attached hydrogens (tertiary/aromatic N) is 1. The topological polar surface area (TPSA) is 66.5 Å². The van der Waals surface area contributed by atoms with E-state index in [1.807, 2.05) is 45.2 Å². The van der Waals surface area contributed by atoms with Crippen molar-refractivity contribution in [1.82, 2.24) is 4.31 Å². The zero-order chi connectivity index (χ0) is 20.2. The number of amides is 1. The van der Waals surface area contributed by atoms with Crippen molar-refractivity contribution in [2.75, 3.05) is 24.7 Å². The lowest BCUT2D eigenvalue weighted by atomic mass is 10.1. The molecule has 27 heavy (non-hydrogen) atoms. The number of hydrogen-bond acceptors (Lipinski definition) is 4. The number of hydrogen-bond donors (Lipinski definition) is 1. The van der Waals surface area contributed by atoms with Crippen LogP contribution in [0.5, 0.6) is 0 Å². The molecule has 0 saturated carbocycles. The normalized spacial score (nSPS) is 11.6. The molecule has 1 amide bonds. The van der Waals surface area contributed by atoms with Crippen LogP contribution in [0.3, 0.4) is 0 Å². The van der Waals surface area contributed by atoms with Gasteiger partial charge in [-0.25, -0.2) is 8.42 Å². The smallest absolute Gasteiger partial charge is 0.255 e. The molecule has 0 bridgehead atoms. The number of nitrogens with one attached hydrogen (secondary N) is 1. The number of aryl methyl sites for hydroxylation is 2. The van der Waals surface area contributed by atoms with Crippen molar-refractivity contribution in [3.63, 3.8) is 0 Å². The quantitative estimate of drug-likeness (QED) is 0.696. The van der Waals surface area contributed by atoms with Crippen molar-refractivity contribution in [3.8, 4) is 0 Å². The largest absolute Gasteiger partial charge is 0.322 e. The first kappa shape index (κ1) is 21.5. The number of carbonyl (C=O) groups excluding carboxylic acids is 1. The molecule has 0 aliphatic rings. The second-order valence-corrected chi connectivity index (χ2v) is 8.99. The molecule has 2 aromatic rings. The van der Waals surface area contributed by atoms with Crippen LogP contribution in [-0.4, -0.2) is 38.0 Å². The fourth-order valence-corrected chi connectivity index (χ4v) is 4.98. The van der Waals surface area contributed by atoms with Gasteiger partial charge in [0.2, 0.25) is 10.0 Å². The zero-order valence-corrected chi connectivity index (χ0v) is 18.0. The average molecular weight is 407 g/mol. The third-order valence-corrected chi connectivity index (χ3v) is 7.38. The van der Waals surface area contributed by atoms with Gasteiger partial charge < -0.3 is 5.32 Å². The fraction of sp³-hybridized carbons (Fsp3) is 0.350. The van der Waals surface area contributed by atoms with E-state index in [4.69, 9.17) is 0 Å². The summed E-state index contributed by atoms with van der Waals surface area (Å²) in [6.07, 6.45) is 1.96. The summed E-state index contributed by atoms with van der Waals surface area (Å²) >= 11 is 1.57. The van der Waals surface area contributed by atoms with E-state index in [2.05, 4.69) is 5.32 Å². The highest BCUT2D eigenvalue weighted by Gasteiger charge is 2.24. The SMILES string of the molecule is CCN(CC)S(=O)(=O)c1cc(NC(=O)c2cc(SC)ccc2C)ccc1C.